The largest absolute Gasteiger partial charge is 0.401 e. The van der Waals surface area contributed by atoms with Gasteiger partial charge in [0.05, 0.1) is 13.2 Å². The second-order valence-electron chi connectivity index (χ2n) is 6.77. The fourth-order valence-electron chi connectivity index (χ4n) is 2.87. The Morgan fingerprint density at radius 2 is 1.78 bits per heavy atom. The van der Waals surface area contributed by atoms with Gasteiger partial charge in [-0.25, -0.2) is 4.39 Å². The third-order valence-electron chi connectivity index (χ3n) is 4.51. The normalized spacial score (nSPS) is 14.2. The number of nitrogens with one attached hydrogen (secondary N) is 1. The molecule has 0 bridgehead atoms. The van der Waals surface area contributed by atoms with E-state index in [1.54, 1.807) is 43.3 Å². The topological polar surface area (TPSA) is 58.3 Å². The van der Waals surface area contributed by atoms with E-state index in [9.17, 15) is 18.3 Å². The maximum atomic E-state index is 15.1. The van der Waals surface area contributed by atoms with Gasteiger partial charge in [-0.15, -0.1) is 0 Å². The summed E-state index contributed by atoms with van der Waals surface area (Å²) in [6.07, 6.45) is -4.31. The molecule has 2 aromatic rings. The van der Waals surface area contributed by atoms with Crippen LogP contribution in [0.4, 0.5) is 17.6 Å². The first-order valence-corrected chi connectivity index (χ1v) is 8.68. The molecule has 0 amide bonds. The van der Waals surface area contributed by atoms with E-state index >= 15 is 4.39 Å². The lowest BCUT2D eigenvalue weighted by atomic mass is 9.90. The summed E-state index contributed by atoms with van der Waals surface area (Å²) < 4.78 is 52.0. The third kappa shape index (κ3) is 5.76. The fourth-order valence-corrected chi connectivity index (χ4v) is 2.87. The van der Waals surface area contributed by atoms with Gasteiger partial charge in [0.15, 0.2) is 0 Å². The van der Waals surface area contributed by atoms with Gasteiger partial charge < -0.3 is 16.2 Å². The van der Waals surface area contributed by atoms with E-state index < -0.39 is 18.5 Å². The first-order valence-electron chi connectivity index (χ1n) is 8.68. The molecule has 0 aliphatic rings. The first-order chi connectivity index (χ1) is 12.6. The molecule has 7 heteroatoms. The van der Waals surface area contributed by atoms with Gasteiger partial charge in [0.2, 0.25) is 0 Å². The molecule has 0 aliphatic carbocycles. The Labute approximate surface area is 156 Å². The summed E-state index contributed by atoms with van der Waals surface area (Å²) >= 11 is 0. The highest BCUT2D eigenvalue weighted by Gasteiger charge is 2.26. The van der Waals surface area contributed by atoms with Crippen LogP contribution in [0.5, 0.6) is 0 Å². The van der Waals surface area contributed by atoms with Crippen molar-refractivity contribution < 1.29 is 22.7 Å². The van der Waals surface area contributed by atoms with E-state index in [4.69, 9.17) is 5.73 Å². The van der Waals surface area contributed by atoms with Gasteiger partial charge in [0, 0.05) is 18.2 Å². The van der Waals surface area contributed by atoms with Crippen molar-refractivity contribution in [3.63, 3.8) is 0 Å². The molecular weight excluding hydrogens is 360 g/mol. The van der Waals surface area contributed by atoms with Crippen molar-refractivity contribution in [2.45, 2.75) is 45.1 Å². The van der Waals surface area contributed by atoms with Crippen molar-refractivity contribution in [2.75, 3.05) is 6.54 Å². The van der Waals surface area contributed by atoms with E-state index in [0.29, 0.717) is 27.8 Å². The fraction of sp³-hybridized carbons (Fsp3) is 0.400. The van der Waals surface area contributed by atoms with Crippen LogP contribution in [0.3, 0.4) is 0 Å². The van der Waals surface area contributed by atoms with Crippen LogP contribution in [0.25, 0.3) is 11.1 Å². The van der Waals surface area contributed by atoms with Gasteiger partial charge in [0.25, 0.3) is 0 Å². The molecule has 0 aromatic heterocycles. The van der Waals surface area contributed by atoms with Gasteiger partial charge in [-0.1, -0.05) is 31.2 Å². The number of alkyl halides is 3. The molecule has 0 saturated heterocycles. The molecule has 2 aromatic carbocycles. The Bertz CT molecular complexity index is 775. The highest BCUT2D eigenvalue weighted by atomic mass is 19.4. The van der Waals surface area contributed by atoms with Crippen molar-refractivity contribution in [3.05, 3.63) is 58.9 Å². The van der Waals surface area contributed by atoms with Crippen molar-refractivity contribution in [1.82, 2.24) is 5.32 Å². The Kier molecular flexibility index (Phi) is 6.97. The van der Waals surface area contributed by atoms with Crippen LogP contribution >= 0.6 is 0 Å². The minimum absolute atomic E-state index is 0.0438. The van der Waals surface area contributed by atoms with Crippen LogP contribution in [0, 0.1) is 5.82 Å². The predicted molar refractivity (Wildman–Crippen MR) is 97.6 cm³/mol. The summed E-state index contributed by atoms with van der Waals surface area (Å²) in [6.45, 7) is 2.17. The number of hydrogen-bond acceptors (Lipinski definition) is 3. The van der Waals surface area contributed by atoms with Crippen LogP contribution in [-0.2, 0) is 13.2 Å². The van der Waals surface area contributed by atoms with Crippen LogP contribution in [0.2, 0.25) is 0 Å². The summed E-state index contributed by atoms with van der Waals surface area (Å²) in [7, 11) is 0. The molecule has 0 spiro atoms. The number of benzene rings is 2. The Morgan fingerprint density at radius 3 is 2.37 bits per heavy atom. The molecule has 2 unspecified atom stereocenters. The highest BCUT2D eigenvalue weighted by molar-refractivity contribution is 5.67. The number of halogens is 4. The Balaban J connectivity index is 2.38. The third-order valence-corrected chi connectivity index (χ3v) is 4.51. The lowest BCUT2D eigenvalue weighted by Crippen LogP contribution is -2.28. The summed E-state index contributed by atoms with van der Waals surface area (Å²) in [5, 5.41) is 11.8. The van der Waals surface area contributed by atoms with Crippen molar-refractivity contribution in [2.24, 2.45) is 5.73 Å². The molecule has 2 atom stereocenters. The van der Waals surface area contributed by atoms with Gasteiger partial charge in [-0.05, 0) is 47.2 Å². The van der Waals surface area contributed by atoms with Gasteiger partial charge in [-0.3, -0.25) is 0 Å². The standard InChI is InChI=1S/C20H24F4N2O/c1-12(13(2)25)17-4-3-5-18(19(17)21)16-7-14(6-15(8-16)10-27)9-26-11-20(22,23)24/h3-8,12-13,26-27H,9-11,25H2,1-2H3. The van der Waals surface area contributed by atoms with E-state index in [1.807, 2.05) is 6.92 Å². The molecular formula is C20H24F4N2O. The molecule has 27 heavy (non-hydrogen) atoms. The van der Waals surface area contributed by atoms with Gasteiger partial charge in [-0.2, -0.15) is 13.2 Å². The predicted octanol–water partition coefficient (Wildman–Crippen LogP) is 4.09. The molecule has 0 heterocycles. The zero-order chi connectivity index (χ0) is 20.2. The molecule has 3 nitrogen and oxygen atoms in total. The van der Waals surface area contributed by atoms with Crippen molar-refractivity contribution in [3.8, 4) is 11.1 Å². The number of aliphatic hydroxyl groups is 1. The van der Waals surface area contributed by atoms with E-state index in [-0.39, 0.29) is 25.1 Å². The number of aliphatic hydroxyl groups excluding tert-OH is 1. The highest BCUT2D eigenvalue weighted by Crippen LogP contribution is 2.31. The number of hydrogen-bond donors (Lipinski definition) is 3. The molecule has 0 radical (unpaired) electrons. The average molecular weight is 384 g/mol. The smallest absolute Gasteiger partial charge is 0.392 e. The first kappa shape index (κ1) is 21.3. The van der Waals surface area contributed by atoms with Crippen LogP contribution in [0.15, 0.2) is 36.4 Å². The number of nitrogens with two attached hydrogens (primary N) is 1. The lowest BCUT2D eigenvalue weighted by Gasteiger charge is -2.19. The van der Waals surface area contributed by atoms with Gasteiger partial charge >= 0.3 is 6.18 Å². The lowest BCUT2D eigenvalue weighted by molar-refractivity contribution is -0.125. The van der Waals surface area contributed by atoms with Crippen molar-refractivity contribution in [1.29, 1.82) is 0 Å². The maximum absolute atomic E-state index is 15.1. The van der Waals surface area contributed by atoms with Crippen molar-refractivity contribution >= 4 is 0 Å². The minimum Gasteiger partial charge on any atom is -0.392 e. The van der Waals surface area contributed by atoms with E-state index in [2.05, 4.69) is 5.32 Å². The maximum Gasteiger partial charge on any atom is 0.401 e. The molecule has 148 valence electrons. The SMILES string of the molecule is CC(N)C(C)c1cccc(-c2cc(CO)cc(CNCC(F)(F)F)c2)c1F. The quantitative estimate of drug-likeness (QED) is 0.631. The van der Waals surface area contributed by atoms with Crippen LogP contribution in [0.1, 0.15) is 36.5 Å². The van der Waals surface area contributed by atoms with E-state index in [0.717, 1.165) is 0 Å². The zero-order valence-electron chi connectivity index (χ0n) is 15.3. The monoisotopic (exact) mass is 384 g/mol. The molecule has 2 rings (SSSR count). The molecule has 0 saturated carbocycles. The molecule has 4 N–H and O–H groups in total. The summed E-state index contributed by atoms with van der Waals surface area (Å²) in [5.41, 5.74) is 8.23. The average Bonchev–Trinajstić information content (AvgIpc) is 2.59. The Morgan fingerprint density at radius 1 is 1.11 bits per heavy atom. The zero-order valence-corrected chi connectivity index (χ0v) is 15.3. The minimum atomic E-state index is -4.31. The van der Waals surface area contributed by atoms with Gasteiger partial charge in [0.1, 0.15) is 5.82 Å². The molecule has 0 fully saturated rings. The molecule has 0 aliphatic heterocycles. The summed E-state index contributed by atoms with van der Waals surface area (Å²) in [4.78, 5) is 0. The summed E-state index contributed by atoms with van der Waals surface area (Å²) in [6, 6.07) is 9.62. The second-order valence-corrected chi connectivity index (χ2v) is 6.77. The van der Waals surface area contributed by atoms with Crippen LogP contribution in [-0.4, -0.2) is 23.9 Å². The van der Waals surface area contributed by atoms with Crippen LogP contribution < -0.4 is 11.1 Å². The number of rotatable bonds is 7. The Hall–Kier alpha value is -1.96. The van der Waals surface area contributed by atoms with E-state index in [1.165, 1.54) is 0 Å². The second kappa shape index (κ2) is 8.82. The summed E-state index contributed by atoms with van der Waals surface area (Å²) in [5.74, 6) is -0.606.